The Labute approximate surface area is 157 Å². The van der Waals surface area contributed by atoms with E-state index in [0.29, 0.717) is 5.82 Å². The summed E-state index contributed by atoms with van der Waals surface area (Å²) in [6.45, 7) is 0. The lowest BCUT2D eigenvalue weighted by molar-refractivity contribution is 0.256. The van der Waals surface area contributed by atoms with E-state index in [2.05, 4.69) is 31.4 Å². The molecule has 1 heterocycles. The number of rotatable bonds is 4. The van der Waals surface area contributed by atoms with Crippen LogP contribution in [0, 0.1) is 0 Å². The minimum Gasteiger partial charge on any atom is -0.373 e. The summed E-state index contributed by atoms with van der Waals surface area (Å²) in [5, 5.41) is 5.29. The summed E-state index contributed by atoms with van der Waals surface area (Å²) in [7, 11) is -2.47. The van der Waals surface area contributed by atoms with Gasteiger partial charge in [0, 0.05) is 18.8 Å². The number of anilines is 2. The van der Waals surface area contributed by atoms with Crippen molar-refractivity contribution in [3.05, 3.63) is 40.7 Å². The number of carbonyl (C=O) groups excluding carboxylic acids is 1. The molecule has 142 valence electrons. The first-order valence-corrected chi connectivity index (χ1v) is 10.5. The fourth-order valence-electron chi connectivity index (χ4n) is 3.90. The van der Waals surface area contributed by atoms with Gasteiger partial charge in [0.25, 0.3) is 10.0 Å². The second-order valence-corrected chi connectivity index (χ2v) is 8.41. The Bertz CT molecular complexity index is 988. The molecule has 0 unspecified atom stereocenters. The van der Waals surface area contributed by atoms with E-state index < -0.39 is 16.1 Å². The fourth-order valence-corrected chi connectivity index (χ4v) is 4.76. The van der Waals surface area contributed by atoms with E-state index in [0.717, 1.165) is 61.7 Å². The summed E-state index contributed by atoms with van der Waals surface area (Å²) in [6.07, 6.45) is 7.07. The van der Waals surface area contributed by atoms with Gasteiger partial charge in [0.15, 0.2) is 5.03 Å². The molecule has 0 radical (unpaired) electrons. The van der Waals surface area contributed by atoms with Crippen molar-refractivity contribution in [2.75, 3.05) is 17.7 Å². The van der Waals surface area contributed by atoms with Crippen LogP contribution < -0.4 is 15.4 Å². The molecule has 1 aromatic heterocycles. The minimum absolute atomic E-state index is 0.263. The highest BCUT2D eigenvalue weighted by molar-refractivity contribution is 7.90. The molecule has 0 atom stereocenters. The van der Waals surface area contributed by atoms with Gasteiger partial charge >= 0.3 is 6.03 Å². The number of sulfonamides is 1. The Balaban J connectivity index is 1.59. The lowest BCUT2D eigenvalue weighted by Crippen LogP contribution is -2.35. The largest absolute Gasteiger partial charge is 0.373 e. The predicted octanol–water partition coefficient (Wildman–Crippen LogP) is 2.01. The van der Waals surface area contributed by atoms with Crippen LogP contribution in [-0.4, -0.2) is 31.5 Å². The molecule has 1 aromatic carbocycles. The van der Waals surface area contributed by atoms with Crippen molar-refractivity contribution in [2.24, 2.45) is 0 Å². The van der Waals surface area contributed by atoms with E-state index in [4.69, 9.17) is 0 Å². The zero-order valence-corrected chi connectivity index (χ0v) is 15.8. The molecule has 2 aromatic rings. The van der Waals surface area contributed by atoms with Crippen LogP contribution in [0.25, 0.3) is 0 Å². The standard InChI is InChI=1S/C18H21N5O3S/c1-19-15-9-16(21-10-20-15)27(25,26)23-18(24)22-17-13-6-2-4-11(13)8-12-5-3-7-14(12)17/h8-10H,2-7H2,1H3,(H,19,20,21)(H2,22,23,24). The summed E-state index contributed by atoms with van der Waals surface area (Å²) in [5.74, 6) is 0.351. The van der Waals surface area contributed by atoms with Gasteiger partial charge in [-0.15, -0.1) is 0 Å². The lowest BCUT2D eigenvalue weighted by Gasteiger charge is -2.16. The lowest BCUT2D eigenvalue weighted by atomic mass is 9.99. The van der Waals surface area contributed by atoms with Crippen molar-refractivity contribution in [3.63, 3.8) is 0 Å². The topological polar surface area (TPSA) is 113 Å². The first-order valence-electron chi connectivity index (χ1n) is 8.98. The third kappa shape index (κ3) is 3.34. The van der Waals surface area contributed by atoms with Crippen molar-refractivity contribution in [2.45, 2.75) is 43.6 Å². The van der Waals surface area contributed by atoms with Gasteiger partial charge in [-0.05, 0) is 60.8 Å². The summed E-state index contributed by atoms with van der Waals surface area (Å²) < 4.78 is 27.0. The molecule has 0 aliphatic heterocycles. The minimum atomic E-state index is -4.09. The number of carbonyl (C=O) groups is 1. The number of aromatic nitrogens is 2. The van der Waals surface area contributed by atoms with Gasteiger partial charge in [-0.25, -0.2) is 19.5 Å². The Hall–Kier alpha value is -2.68. The van der Waals surface area contributed by atoms with E-state index >= 15 is 0 Å². The number of fused-ring (bicyclic) bond motifs is 2. The van der Waals surface area contributed by atoms with Gasteiger partial charge in [-0.1, -0.05) is 6.07 Å². The van der Waals surface area contributed by atoms with Crippen molar-refractivity contribution in [3.8, 4) is 0 Å². The maximum Gasteiger partial charge on any atom is 0.333 e. The molecule has 8 nitrogen and oxygen atoms in total. The van der Waals surface area contributed by atoms with Crippen molar-refractivity contribution >= 4 is 27.6 Å². The molecule has 0 saturated carbocycles. The van der Waals surface area contributed by atoms with Crippen LogP contribution in [0.3, 0.4) is 0 Å². The van der Waals surface area contributed by atoms with Gasteiger partial charge in [0.2, 0.25) is 0 Å². The number of nitrogens with zero attached hydrogens (tertiary/aromatic N) is 2. The second kappa shape index (κ2) is 6.80. The molecule has 27 heavy (non-hydrogen) atoms. The monoisotopic (exact) mass is 387 g/mol. The van der Waals surface area contributed by atoms with Crippen LogP contribution in [0.4, 0.5) is 16.3 Å². The molecule has 2 aliphatic carbocycles. The summed E-state index contributed by atoms with van der Waals surface area (Å²) >= 11 is 0. The highest BCUT2D eigenvalue weighted by Gasteiger charge is 2.26. The SMILES string of the molecule is CNc1cc(S(=O)(=O)NC(=O)Nc2c3c(cc4c2CCC4)CCC3)ncn1. The van der Waals surface area contributed by atoms with Crippen molar-refractivity contribution < 1.29 is 13.2 Å². The molecule has 0 saturated heterocycles. The van der Waals surface area contributed by atoms with E-state index in [9.17, 15) is 13.2 Å². The normalized spacial score (nSPS) is 15.1. The highest BCUT2D eigenvalue weighted by atomic mass is 32.2. The number of urea groups is 1. The zero-order chi connectivity index (χ0) is 19.0. The summed E-state index contributed by atoms with van der Waals surface area (Å²) in [6, 6.07) is 2.76. The van der Waals surface area contributed by atoms with E-state index in [1.165, 1.54) is 17.2 Å². The predicted molar refractivity (Wildman–Crippen MR) is 101 cm³/mol. The van der Waals surface area contributed by atoms with Crippen LogP contribution in [-0.2, 0) is 35.7 Å². The van der Waals surface area contributed by atoms with E-state index in [1.54, 1.807) is 7.05 Å². The number of nitrogens with one attached hydrogen (secondary N) is 3. The molecular formula is C18H21N5O3S. The Morgan fingerprint density at radius 2 is 1.67 bits per heavy atom. The van der Waals surface area contributed by atoms with Crippen molar-refractivity contribution in [1.29, 1.82) is 0 Å². The maximum absolute atomic E-state index is 12.5. The van der Waals surface area contributed by atoms with E-state index in [1.807, 2.05) is 0 Å². The van der Waals surface area contributed by atoms with Gasteiger partial charge in [-0.2, -0.15) is 8.42 Å². The first-order chi connectivity index (χ1) is 13.0. The molecule has 2 amide bonds. The number of benzene rings is 1. The van der Waals surface area contributed by atoms with Gasteiger partial charge in [-0.3, -0.25) is 0 Å². The second-order valence-electron chi connectivity index (χ2n) is 6.79. The number of aryl methyl sites for hydroxylation is 2. The molecule has 9 heteroatoms. The van der Waals surface area contributed by atoms with Crippen LogP contribution in [0.1, 0.15) is 35.1 Å². The van der Waals surface area contributed by atoms with Crippen LogP contribution >= 0.6 is 0 Å². The maximum atomic E-state index is 12.5. The van der Waals surface area contributed by atoms with Crippen molar-refractivity contribution in [1.82, 2.24) is 14.7 Å². The average molecular weight is 387 g/mol. The molecule has 0 fully saturated rings. The average Bonchev–Trinajstić information content (AvgIpc) is 3.30. The number of hydrogen-bond acceptors (Lipinski definition) is 6. The summed E-state index contributed by atoms with van der Waals surface area (Å²) in [5.41, 5.74) is 5.61. The van der Waals surface area contributed by atoms with E-state index in [-0.39, 0.29) is 5.03 Å². The molecule has 0 spiro atoms. The summed E-state index contributed by atoms with van der Waals surface area (Å²) in [4.78, 5) is 20.1. The first kappa shape index (κ1) is 17.7. The highest BCUT2D eigenvalue weighted by Crippen LogP contribution is 2.38. The Morgan fingerprint density at radius 3 is 2.30 bits per heavy atom. The molecule has 4 rings (SSSR count). The number of hydrogen-bond donors (Lipinski definition) is 3. The van der Waals surface area contributed by atoms with Gasteiger partial charge in [0.05, 0.1) is 0 Å². The van der Waals surface area contributed by atoms with Gasteiger partial charge < -0.3 is 10.6 Å². The molecule has 2 aliphatic rings. The third-order valence-corrected chi connectivity index (χ3v) is 6.34. The Kier molecular flexibility index (Phi) is 4.47. The van der Waals surface area contributed by atoms with Gasteiger partial charge in [0.1, 0.15) is 12.1 Å². The molecule has 3 N–H and O–H groups in total. The smallest absolute Gasteiger partial charge is 0.333 e. The quantitative estimate of drug-likeness (QED) is 0.692. The van der Waals surface area contributed by atoms with Crippen LogP contribution in [0.5, 0.6) is 0 Å². The third-order valence-electron chi connectivity index (χ3n) is 5.11. The Morgan fingerprint density at radius 1 is 1.00 bits per heavy atom. The fraction of sp³-hybridized carbons (Fsp3) is 0.389. The van der Waals surface area contributed by atoms with Crippen LogP contribution in [0.2, 0.25) is 0 Å². The van der Waals surface area contributed by atoms with Crippen LogP contribution in [0.15, 0.2) is 23.5 Å². The molecule has 0 bridgehead atoms. The molecular weight excluding hydrogens is 366 g/mol. The zero-order valence-electron chi connectivity index (χ0n) is 15.0. The number of amides is 2.